The van der Waals surface area contributed by atoms with Gasteiger partial charge in [-0.2, -0.15) is 0 Å². The molecule has 1 saturated heterocycles. The molecule has 1 aromatic rings. The van der Waals surface area contributed by atoms with Gasteiger partial charge >= 0.3 is 0 Å². The Morgan fingerprint density at radius 1 is 1.30 bits per heavy atom. The van der Waals surface area contributed by atoms with E-state index in [9.17, 15) is 13.2 Å². The quantitative estimate of drug-likeness (QED) is 0.629. The summed E-state index contributed by atoms with van der Waals surface area (Å²) in [7, 11) is -2.93. The Morgan fingerprint density at radius 3 is 2.78 bits per heavy atom. The summed E-state index contributed by atoms with van der Waals surface area (Å²) >= 11 is 1.49. The Morgan fingerprint density at radius 2 is 2.07 bits per heavy atom. The van der Waals surface area contributed by atoms with Crippen LogP contribution in [0.3, 0.4) is 0 Å². The number of benzene rings is 1. The lowest BCUT2D eigenvalue weighted by Crippen LogP contribution is -2.26. The molecule has 0 radical (unpaired) electrons. The fourth-order valence-electron chi connectivity index (χ4n) is 3.04. The van der Waals surface area contributed by atoms with E-state index in [2.05, 4.69) is 15.6 Å². The summed E-state index contributed by atoms with van der Waals surface area (Å²) in [5.74, 6) is 0.348. The molecule has 7 nitrogen and oxygen atoms in total. The Labute approximate surface area is 164 Å². The van der Waals surface area contributed by atoms with Gasteiger partial charge in [0.05, 0.1) is 24.0 Å². The summed E-state index contributed by atoms with van der Waals surface area (Å²) < 4.78 is 28.4. The number of amidine groups is 1. The molecule has 3 rings (SSSR count). The minimum Gasteiger partial charge on any atom is -0.382 e. The van der Waals surface area contributed by atoms with E-state index in [4.69, 9.17) is 4.74 Å². The van der Waals surface area contributed by atoms with Crippen LogP contribution in [0.4, 0.5) is 5.69 Å². The zero-order chi connectivity index (χ0) is 19.3. The minimum absolute atomic E-state index is 0.00281. The van der Waals surface area contributed by atoms with Crippen LogP contribution >= 0.6 is 11.8 Å². The summed E-state index contributed by atoms with van der Waals surface area (Å²) in [6.07, 6.45) is 1.15. The van der Waals surface area contributed by atoms with Crippen molar-refractivity contribution >= 4 is 38.4 Å². The second-order valence-corrected chi connectivity index (χ2v) is 10.0. The number of hydrogen-bond acceptors (Lipinski definition) is 7. The maximum Gasteiger partial charge on any atom is 0.224 e. The Kier molecular flexibility index (Phi) is 6.78. The molecule has 2 atom stereocenters. The van der Waals surface area contributed by atoms with Gasteiger partial charge in [-0.05, 0) is 31.0 Å². The first-order valence-corrected chi connectivity index (χ1v) is 11.8. The van der Waals surface area contributed by atoms with Crippen LogP contribution in [0.2, 0.25) is 0 Å². The highest BCUT2D eigenvalue weighted by Gasteiger charge is 2.42. The standard InChI is InChI=1S/C18H25N3O4S2/c1-2-25-9-3-8-19-17(22)10-13-4-6-14(7-5-13)20-18-21-15-11-27(23,24)12-16(15)26-18/h4-7,15-16H,2-3,8-12H2,1H3,(H,19,22)(H,20,21)/t15-,16+/m1/s1. The molecule has 2 heterocycles. The predicted molar refractivity (Wildman–Crippen MR) is 109 cm³/mol. The number of carbonyl (C=O) groups excluding carboxylic acids is 1. The number of thioether (sulfide) groups is 1. The van der Waals surface area contributed by atoms with Gasteiger partial charge in [-0.1, -0.05) is 23.9 Å². The topological polar surface area (TPSA) is 96.9 Å². The molecule has 1 amide bonds. The highest BCUT2D eigenvalue weighted by molar-refractivity contribution is 8.15. The molecule has 2 aliphatic heterocycles. The summed E-state index contributed by atoms with van der Waals surface area (Å²) in [4.78, 5) is 16.4. The van der Waals surface area contributed by atoms with Crippen molar-refractivity contribution in [1.29, 1.82) is 0 Å². The summed E-state index contributed by atoms with van der Waals surface area (Å²) in [6.45, 7) is 3.92. The van der Waals surface area contributed by atoms with Crippen molar-refractivity contribution < 1.29 is 17.9 Å². The molecular weight excluding hydrogens is 386 g/mol. The third kappa shape index (κ3) is 5.95. The molecular formula is C18H25N3O4S2. The Balaban J connectivity index is 1.43. The normalized spacial score (nSPS) is 22.9. The second-order valence-electron chi connectivity index (χ2n) is 6.63. The summed E-state index contributed by atoms with van der Waals surface area (Å²) in [6, 6.07) is 7.51. The first-order valence-electron chi connectivity index (χ1n) is 9.10. The minimum atomic E-state index is -2.93. The number of anilines is 1. The van der Waals surface area contributed by atoms with E-state index in [-0.39, 0.29) is 28.7 Å². The van der Waals surface area contributed by atoms with Crippen molar-refractivity contribution in [3.05, 3.63) is 29.8 Å². The monoisotopic (exact) mass is 411 g/mol. The lowest BCUT2D eigenvalue weighted by molar-refractivity contribution is -0.120. The van der Waals surface area contributed by atoms with Gasteiger partial charge in [-0.3, -0.25) is 9.79 Å². The van der Waals surface area contributed by atoms with Crippen LogP contribution in [0.1, 0.15) is 18.9 Å². The van der Waals surface area contributed by atoms with Gasteiger partial charge in [-0.25, -0.2) is 8.42 Å². The first-order chi connectivity index (χ1) is 12.9. The molecule has 0 spiro atoms. The van der Waals surface area contributed by atoms with E-state index in [1.54, 1.807) is 0 Å². The smallest absolute Gasteiger partial charge is 0.224 e. The molecule has 148 valence electrons. The number of amides is 1. The molecule has 0 saturated carbocycles. The van der Waals surface area contributed by atoms with Crippen molar-refractivity contribution in [2.45, 2.75) is 31.1 Å². The number of carbonyl (C=O) groups is 1. The highest BCUT2D eigenvalue weighted by Crippen LogP contribution is 2.34. The average Bonchev–Trinajstić information content (AvgIpc) is 3.09. The van der Waals surface area contributed by atoms with E-state index in [1.807, 2.05) is 31.2 Å². The molecule has 1 aromatic carbocycles. The van der Waals surface area contributed by atoms with E-state index < -0.39 is 9.84 Å². The third-order valence-electron chi connectivity index (χ3n) is 4.38. The number of hydrogen-bond donors (Lipinski definition) is 2. The van der Waals surface area contributed by atoms with E-state index in [0.717, 1.165) is 22.8 Å². The Bertz CT molecular complexity index is 793. The molecule has 0 aromatic heterocycles. The van der Waals surface area contributed by atoms with E-state index in [0.29, 0.717) is 26.2 Å². The van der Waals surface area contributed by atoms with Gasteiger partial charge in [0.25, 0.3) is 0 Å². The van der Waals surface area contributed by atoms with Gasteiger partial charge in [0.2, 0.25) is 5.91 Å². The van der Waals surface area contributed by atoms with Crippen LogP contribution in [0.5, 0.6) is 0 Å². The van der Waals surface area contributed by atoms with Crippen molar-refractivity contribution in [3.8, 4) is 0 Å². The number of sulfone groups is 1. The first kappa shape index (κ1) is 20.2. The molecule has 9 heteroatoms. The van der Waals surface area contributed by atoms with Gasteiger partial charge in [0.15, 0.2) is 15.0 Å². The average molecular weight is 412 g/mol. The summed E-state index contributed by atoms with van der Waals surface area (Å²) in [5, 5.41) is 6.92. The highest BCUT2D eigenvalue weighted by atomic mass is 32.2. The lowest BCUT2D eigenvalue weighted by Gasteiger charge is -2.08. The van der Waals surface area contributed by atoms with Crippen LogP contribution in [0.25, 0.3) is 0 Å². The third-order valence-corrected chi connectivity index (χ3v) is 7.52. The van der Waals surface area contributed by atoms with E-state index in [1.165, 1.54) is 11.8 Å². The largest absolute Gasteiger partial charge is 0.382 e. The number of rotatable bonds is 8. The fourth-order valence-corrected chi connectivity index (χ4v) is 6.72. The van der Waals surface area contributed by atoms with Crippen LogP contribution in [0, 0.1) is 0 Å². The van der Waals surface area contributed by atoms with Crippen molar-refractivity contribution in [3.63, 3.8) is 0 Å². The number of ether oxygens (including phenoxy) is 1. The maximum absolute atomic E-state index is 11.9. The van der Waals surface area contributed by atoms with Crippen LogP contribution in [-0.4, -0.2) is 62.0 Å². The zero-order valence-corrected chi connectivity index (χ0v) is 16.9. The van der Waals surface area contributed by atoms with Gasteiger partial charge < -0.3 is 15.4 Å². The molecule has 2 N–H and O–H groups in total. The van der Waals surface area contributed by atoms with E-state index >= 15 is 0 Å². The number of nitrogens with zero attached hydrogens (tertiary/aromatic N) is 1. The fraction of sp³-hybridized carbons (Fsp3) is 0.556. The lowest BCUT2D eigenvalue weighted by atomic mass is 10.1. The van der Waals surface area contributed by atoms with Gasteiger partial charge in [0, 0.05) is 30.7 Å². The Hall–Kier alpha value is -1.58. The van der Waals surface area contributed by atoms with Gasteiger partial charge in [0.1, 0.15) is 0 Å². The predicted octanol–water partition coefficient (Wildman–Crippen LogP) is 1.45. The molecule has 0 aliphatic carbocycles. The zero-order valence-electron chi connectivity index (χ0n) is 15.3. The molecule has 1 fully saturated rings. The van der Waals surface area contributed by atoms with Crippen LogP contribution in [-0.2, 0) is 25.8 Å². The van der Waals surface area contributed by atoms with Crippen molar-refractivity contribution in [2.75, 3.05) is 36.6 Å². The number of aliphatic imine (C=N–C) groups is 1. The SMILES string of the molecule is CCOCCCNC(=O)Cc1ccc(NC2=N[C@@H]3CS(=O)(=O)C[C@@H]3S2)cc1. The van der Waals surface area contributed by atoms with Crippen LogP contribution in [0.15, 0.2) is 29.3 Å². The van der Waals surface area contributed by atoms with Crippen molar-refractivity contribution in [1.82, 2.24) is 5.32 Å². The van der Waals surface area contributed by atoms with Gasteiger partial charge in [-0.15, -0.1) is 0 Å². The van der Waals surface area contributed by atoms with Crippen LogP contribution < -0.4 is 10.6 Å². The molecule has 0 unspecified atom stereocenters. The van der Waals surface area contributed by atoms with Crippen molar-refractivity contribution in [2.24, 2.45) is 4.99 Å². The molecule has 2 aliphatic rings. The maximum atomic E-state index is 11.9. The molecule has 0 bridgehead atoms. The second kappa shape index (κ2) is 9.07. The number of fused-ring (bicyclic) bond motifs is 1. The molecule has 27 heavy (non-hydrogen) atoms. The number of nitrogens with one attached hydrogen (secondary N) is 2. The summed E-state index contributed by atoms with van der Waals surface area (Å²) in [5.41, 5.74) is 1.82.